The number of aliphatic carboxylic acids is 1. The fraction of sp³-hybridized carbons (Fsp3) is 0.429. The predicted octanol–water partition coefficient (Wildman–Crippen LogP) is 2.74. The SMILES string of the molecule is CSc1ccccc1NC(=O)N1CCC[C@@H](C(=O)O)C1. The normalized spacial score (nSPS) is 18.6. The highest BCUT2D eigenvalue weighted by Crippen LogP contribution is 2.25. The van der Waals surface area contributed by atoms with Crippen LogP contribution in [0.1, 0.15) is 12.8 Å². The minimum atomic E-state index is -0.827. The Bertz CT molecular complexity index is 507. The molecule has 0 aromatic heterocycles. The Morgan fingerprint density at radius 1 is 1.40 bits per heavy atom. The quantitative estimate of drug-likeness (QED) is 0.841. The summed E-state index contributed by atoms with van der Waals surface area (Å²) in [6.07, 6.45) is 3.32. The number of carboxylic acids is 1. The number of urea groups is 1. The van der Waals surface area contributed by atoms with Crippen LogP contribution in [0.2, 0.25) is 0 Å². The lowest BCUT2D eigenvalue weighted by atomic mass is 9.99. The third-order valence-corrected chi connectivity index (χ3v) is 4.20. The molecule has 0 radical (unpaired) electrons. The molecule has 6 heteroatoms. The molecule has 1 atom stereocenters. The van der Waals surface area contributed by atoms with E-state index in [2.05, 4.69) is 5.32 Å². The van der Waals surface area contributed by atoms with Gasteiger partial charge in [-0.05, 0) is 31.2 Å². The zero-order chi connectivity index (χ0) is 14.5. The van der Waals surface area contributed by atoms with Crippen LogP contribution in [0.5, 0.6) is 0 Å². The summed E-state index contributed by atoms with van der Waals surface area (Å²) in [7, 11) is 0. The number of para-hydroxylation sites is 1. The lowest BCUT2D eigenvalue weighted by Gasteiger charge is -2.30. The van der Waals surface area contributed by atoms with Gasteiger partial charge in [-0.1, -0.05) is 12.1 Å². The average Bonchev–Trinajstić information content (AvgIpc) is 2.48. The number of piperidine rings is 1. The van der Waals surface area contributed by atoms with Crippen molar-refractivity contribution >= 4 is 29.4 Å². The number of anilines is 1. The average molecular weight is 294 g/mol. The summed E-state index contributed by atoms with van der Waals surface area (Å²) in [5, 5.41) is 11.9. The molecule has 1 aliphatic rings. The third-order valence-electron chi connectivity index (χ3n) is 3.41. The second-order valence-electron chi connectivity index (χ2n) is 4.75. The monoisotopic (exact) mass is 294 g/mol. The van der Waals surface area contributed by atoms with Crippen LogP contribution in [0.3, 0.4) is 0 Å². The molecule has 1 saturated heterocycles. The Labute approximate surface area is 122 Å². The van der Waals surface area contributed by atoms with E-state index in [0.717, 1.165) is 17.0 Å². The summed E-state index contributed by atoms with van der Waals surface area (Å²) < 4.78 is 0. The summed E-state index contributed by atoms with van der Waals surface area (Å²) in [5.74, 6) is -1.28. The molecule has 1 fully saturated rings. The minimum absolute atomic E-state index is 0.225. The molecule has 2 rings (SSSR count). The number of carbonyl (C=O) groups excluding carboxylic acids is 1. The number of carbonyl (C=O) groups is 2. The van der Waals surface area contributed by atoms with Gasteiger partial charge in [0, 0.05) is 18.0 Å². The van der Waals surface area contributed by atoms with E-state index in [1.165, 1.54) is 0 Å². The number of benzene rings is 1. The van der Waals surface area contributed by atoms with Gasteiger partial charge >= 0.3 is 12.0 Å². The number of hydrogen-bond donors (Lipinski definition) is 2. The van der Waals surface area contributed by atoms with E-state index in [1.807, 2.05) is 30.5 Å². The number of carboxylic acid groups (broad SMARTS) is 1. The topological polar surface area (TPSA) is 69.6 Å². The summed E-state index contributed by atoms with van der Waals surface area (Å²) in [6, 6.07) is 7.35. The largest absolute Gasteiger partial charge is 0.481 e. The fourth-order valence-electron chi connectivity index (χ4n) is 2.31. The van der Waals surface area contributed by atoms with Gasteiger partial charge in [0.05, 0.1) is 11.6 Å². The molecule has 1 aliphatic heterocycles. The zero-order valence-electron chi connectivity index (χ0n) is 11.3. The minimum Gasteiger partial charge on any atom is -0.481 e. The van der Waals surface area contributed by atoms with Crippen molar-refractivity contribution in [2.45, 2.75) is 17.7 Å². The summed E-state index contributed by atoms with van der Waals surface area (Å²) in [4.78, 5) is 25.8. The Kier molecular flexibility index (Phi) is 4.89. The van der Waals surface area contributed by atoms with Crippen molar-refractivity contribution in [1.82, 2.24) is 4.90 Å². The zero-order valence-corrected chi connectivity index (χ0v) is 12.2. The molecule has 5 nitrogen and oxygen atoms in total. The molecule has 0 saturated carbocycles. The molecule has 1 aromatic rings. The Balaban J connectivity index is 2.02. The highest BCUT2D eigenvalue weighted by Gasteiger charge is 2.28. The third kappa shape index (κ3) is 3.45. The Morgan fingerprint density at radius 2 is 2.15 bits per heavy atom. The smallest absolute Gasteiger partial charge is 0.321 e. The maximum absolute atomic E-state index is 12.2. The first-order valence-corrected chi connectivity index (χ1v) is 7.76. The van der Waals surface area contributed by atoms with E-state index in [1.54, 1.807) is 16.7 Å². The van der Waals surface area contributed by atoms with Gasteiger partial charge in [-0.2, -0.15) is 0 Å². The molecule has 0 bridgehead atoms. The molecule has 1 aromatic carbocycles. The molecule has 2 amide bonds. The molecule has 1 heterocycles. The highest BCUT2D eigenvalue weighted by atomic mass is 32.2. The van der Waals surface area contributed by atoms with Gasteiger partial charge < -0.3 is 15.3 Å². The van der Waals surface area contributed by atoms with E-state index < -0.39 is 11.9 Å². The van der Waals surface area contributed by atoms with Gasteiger partial charge in [0.25, 0.3) is 0 Å². The van der Waals surface area contributed by atoms with Crippen LogP contribution >= 0.6 is 11.8 Å². The number of likely N-dealkylation sites (tertiary alicyclic amines) is 1. The second kappa shape index (κ2) is 6.65. The van der Waals surface area contributed by atoms with Gasteiger partial charge in [-0.3, -0.25) is 4.79 Å². The van der Waals surface area contributed by atoms with Gasteiger partial charge in [-0.25, -0.2) is 4.79 Å². The van der Waals surface area contributed by atoms with E-state index >= 15 is 0 Å². The predicted molar refractivity (Wildman–Crippen MR) is 79.2 cm³/mol. The molecule has 0 unspecified atom stereocenters. The number of thioether (sulfide) groups is 1. The number of hydrogen-bond acceptors (Lipinski definition) is 3. The molecule has 108 valence electrons. The second-order valence-corrected chi connectivity index (χ2v) is 5.60. The molecular formula is C14H18N2O3S. The molecule has 2 N–H and O–H groups in total. The number of nitrogens with zero attached hydrogens (tertiary/aromatic N) is 1. The van der Waals surface area contributed by atoms with Crippen molar-refractivity contribution in [1.29, 1.82) is 0 Å². The summed E-state index contributed by atoms with van der Waals surface area (Å²) in [5.41, 5.74) is 0.766. The first-order valence-electron chi connectivity index (χ1n) is 6.53. The number of nitrogens with one attached hydrogen (secondary N) is 1. The van der Waals surface area contributed by atoms with Crippen molar-refractivity contribution in [3.8, 4) is 0 Å². The van der Waals surface area contributed by atoms with E-state index in [4.69, 9.17) is 5.11 Å². The van der Waals surface area contributed by atoms with Gasteiger partial charge in [0.2, 0.25) is 0 Å². The van der Waals surface area contributed by atoms with Crippen molar-refractivity contribution in [2.24, 2.45) is 5.92 Å². The van der Waals surface area contributed by atoms with Crippen molar-refractivity contribution in [3.63, 3.8) is 0 Å². The standard InChI is InChI=1S/C14H18N2O3S/c1-20-12-7-3-2-6-11(12)15-14(19)16-8-4-5-10(9-16)13(17)18/h2-3,6-7,10H,4-5,8-9H2,1H3,(H,15,19)(H,17,18)/t10-/m1/s1. The first kappa shape index (κ1) is 14.7. The number of amides is 2. The van der Waals surface area contributed by atoms with Crippen LogP contribution in [-0.2, 0) is 4.79 Å². The molecular weight excluding hydrogens is 276 g/mol. The van der Waals surface area contributed by atoms with Gasteiger partial charge in [0.1, 0.15) is 0 Å². The van der Waals surface area contributed by atoms with E-state index in [9.17, 15) is 9.59 Å². The van der Waals surface area contributed by atoms with Crippen molar-refractivity contribution in [3.05, 3.63) is 24.3 Å². The van der Waals surface area contributed by atoms with E-state index in [0.29, 0.717) is 13.0 Å². The van der Waals surface area contributed by atoms with Crippen LogP contribution in [-0.4, -0.2) is 41.4 Å². The molecule has 20 heavy (non-hydrogen) atoms. The first-order chi connectivity index (χ1) is 9.61. The van der Waals surface area contributed by atoms with Crippen LogP contribution in [0.15, 0.2) is 29.2 Å². The lowest BCUT2D eigenvalue weighted by molar-refractivity contribution is -0.143. The summed E-state index contributed by atoms with van der Waals surface area (Å²) >= 11 is 1.56. The fourth-order valence-corrected chi connectivity index (χ4v) is 2.86. The van der Waals surface area contributed by atoms with E-state index in [-0.39, 0.29) is 12.6 Å². The van der Waals surface area contributed by atoms with Crippen LogP contribution in [0, 0.1) is 5.92 Å². The van der Waals surface area contributed by atoms with Crippen LogP contribution in [0.4, 0.5) is 10.5 Å². The lowest BCUT2D eigenvalue weighted by Crippen LogP contribution is -2.44. The Morgan fingerprint density at radius 3 is 2.85 bits per heavy atom. The van der Waals surface area contributed by atoms with Gasteiger partial charge in [-0.15, -0.1) is 11.8 Å². The molecule has 0 aliphatic carbocycles. The van der Waals surface area contributed by atoms with Crippen LogP contribution in [0.25, 0.3) is 0 Å². The van der Waals surface area contributed by atoms with Crippen molar-refractivity contribution < 1.29 is 14.7 Å². The Hall–Kier alpha value is -1.69. The maximum atomic E-state index is 12.2. The molecule has 0 spiro atoms. The van der Waals surface area contributed by atoms with Crippen LogP contribution < -0.4 is 5.32 Å². The summed E-state index contributed by atoms with van der Waals surface area (Å²) in [6.45, 7) is 0.889. The van der Waals surface area contributed by atoms with Crippen molar-refractivity contribution in [2.75, 3.05) is 24.7 Å². The van der Waals surface area contributed by atoms with Gasteiger partial charge in [0.15, 0.2) is 0 Å². The highest BCUT2D eigenvalue weighted by molar-refractivity contribution is 7.98. The maximum Gasteiger partial charge on any atom is 0.321 e. The number of rotatable bonds is 3.